The number of benzene rings is 2. The average Bonchev–Trinajstić information content (AvgIpc) is 3.18. The first-order valence-corrected chi connectivity index (χ1v) is 9.76. The molecule has 0 bridgehead atoms. The molecule has 0 atom stereocenters. The van der Waals surface area contributed by atoms with E-state index in [2.05, 4.69) is 78.1 Å². The Hall–Kier alpha value is -2.92. The quantitative estimate of drug-likeness (QED) is 0.364. The van der Waals surface area contributed by atoms with E-state index in [1.54, 1.807) is 11.3 Å². The molecule has 0 saturated heterocycles. The van der Waals surface area contributed by atoms with Gasteiger partial charge in [0.2, 0.25) is 5.13 Å². The van der Waals surface area contributed by atoms with E-state index in [1.165, 1.54) is 28.2 Å². The van der Waals surface area contributed by atoms with Crippen LogP contribution in [0, 0.1) is 27.7 Å². The van der Waals surface area contributed by atoms with Crippen molar-refractivity contribution in [3.8, 4) is 5.69 Å². The Morgan fingerprint density at radius 3 is 2.67 bits per heavy atom. The maximum absolute atomic E-state index is 4.55. The third kappa shape index (κ3) is 3.26. The molecule has 0 saturated carbocycles. The van der Waals surface area contributed by atoms with Crippen LogP contribution in [0.1, 0.15) is 28.1 Å². The fraction of sp³-hybridized carbons (Fsp3) is 0.182. The summed E-state index contributed by atoms with van der Waals surface area (Å²) < 4.78 is 3.45. The highest BCUT2D eigenvalue weighted by Crippen LogP contribution is 2.26. The lowest BCUT2D eigenvalue weighted by Crippen LogP contribution is -2.03. The first kappa shape index (κ1) is 17.5. The van der Waals surface area contributed by atoms with Crippen molar-refractivity contribution >= 4 is 32.9 Å². The van der Waals surface area contributed by atoms with Crippen LogP contribution in [-0.4, -0.2) is 15.8 Å². The summed E-state index contributed by atoms with van der Waals surface area (Å²) in [6.07, 6.45) is 1.87. The van der Waals surface area contributed by atoms with E-state index in [0.29, 0.717) is 0 Å². The molecule has 0 spiro atoms. The molecule has 0 aliphatic heterocycles. The molecule has 5 heteroatoms. The predicted molar refractivity (Wildman–Crippen MR) is 116 cm³/mol. The zero-order valence-corrected chi connectivity index (χ0v) is 16.8. The standard InChI is InChI=1S/C22H22N4S/c1-14-8-7-10-20(16(14)3)26-15(2)12-18(17(26)4)13-23-25-22-24-19-9-5-6-11-21(19)27-22/h5-13H,1-4H3,(H,24,25)/b23-13+. The monoisotopic (exact) mass is 374 g/mol. The number of nitrogens with zero attached hydrogens (tertiary/aromatic N) is 3. The van der Waals surface area contributed by atoms with Gasteiger partial charge in [-0.2, -0.15) is 5.10 Å². The highest BCUT2D eigenvalue weighted by molar-refractivity contribution is 7.22. The molecule has 0 unspecified atom stereocenters. The summed E-state index contributed by atoms with van der Waals surface area (Å²) in [6.45, 7) is 8.59. The largest absolute Gasteiger partial charge is 0.318 e. The Morgan fingerprint density at radius 2 is 1.85 bits per heavy atom. The number of hydrazone groups is 1. The van der Waals surface area contributed by atoms with Crippen LogP contribution in [0.4, 0.5) is 5.13 Å². The number of aromatic nitrogens is 2. The van der Waals surface area contributed by atoms with Gasteiger partial charge in [0, 0.05) is 22.6 Å². The number of hydrogen-bond acceptors (Lipinski definition) is 4. The molecular weight excluding hydrogens is 352 g/mol. The lowest BCUT2D eigenvalue weighted by Gasteiger charge is -2.14. The number of fused-ring (bicyclic) bond motifs is 1. The summed E-state index contributed by atoms with van der Waals surface area (Å²) >= 11 is 1.60. The van der Waals surface area contributed by atoms with Crippen LogP contribution in [0.15, 0.2) is 53.6 Å². The minimum atomic E-state index is 0.802. The van der Waals surface area contributed by atoms with E-state index in [9.17, 15) is 0 Å². The predicted octanol–water partition coefficient (Wildman–Crippen LogP) is 5.77. The summed E-state index contributed by atoms with van der Waals surface area (Å²) in [4.78, 5) is 4.55. The molecule has 0 radical (unpaired) electrons. The Bertz CT molecular complexity index is 1120. The van der Waals surface area contributed by atoms with E-state index < -0.39 is 0 Å². The lowest BCUT2D eigenvalue weighted by molar-refractivity contribution is 0.950. The van der Waals surface area contributed by atoms with Crippen LogP contribution in [0.3, 0.4) is 0 Å². The van der Waals surface area contributed by atoms with Crippen molar-refractivity contribution in [2.24, 2.45) is 5.10 Å². The van der Waals surface area contributed by atoms with E-state index in [0.717, 1.165) is 20.9 Å². The number of hydrogen-bond donors (Lipinski definition) is 1. The summed E-state index contributed by atoms with van der Waals surface area (Å²) in [5, 5.41) is 5.22. The van der Waals surface area contributed by atoms with E-state index in [4.69, 9.17) is 0 Å². The maximum Gasteiger partial charge on any atom is 0.204 e. The average molecular weight is 375 g/mol. The zero-order valence-electron chi connectivity index (χ0n) is 15.9. The van der Waals surface area contributed by atoms with Crippen molar-refractivity contribution in [3.63, 3.8) is 0 Å². The summed E-state index contributed by atoms with van der Waals surface area (Å²) in [5.74, 6) is 0. The van der Waals surface area contributed by atoms with Gasteiger partial charge in [-0.3, -0.25) is 5.43 Å². The van der Waals surface area contributed by atoms with Crippen LogP contribution < -0.4 is 5.43 Å². The van der Waals surface area contributed by atoms with Gasteiger partial charge in [0.25, 0.3) is 0 Å². The van der Waals surface area contributed by atoms with Gasteiger partial charge in [-0.1, -0.05) is 35.6 Å². The van der Waals surface area contributed by atoms with Gasteiger partial charge in [0.15, 0.2) is 0 Å². The third-order valence-corrected chi connectivity index (χ3v) is 5.89. The normalized spacial score (nSPS) is 11.6. The van der Waals surface area contributed by atoms with Gasteiger partial charge >= 0.3 is 0 Å². The molecule has 2 aromatic carbocycles. The van der Waals surface area contributed by atoms with Crippen LogP contribution in [0.2, 0.25) is 0 Å². The minimum absolute atomic E-state index is 0.802. The molecule has 136 valence electrons. The number of thiazole rings is 1. The number of nitrogens with one attached hydrogen (secondary N) is 1. The second kappa shape index (κ2) is 7.00. The molecule has 0 aliphatic rings. The Labute approximate surface area is 163 Å². The molecule has 4 aromatic rings. The van der Waals surface area contributed by atoms with Gasteiger partial charge in [0.05, 0.1) is 16.4 Å². The fourth-order valence-electron chi connectivity index (χ4n) is 3.34. The molecule has 27 heavy (non-hydrogen) atoms. The molecule has 4 rings (SSSR count). The molecule has 1 N–H and O–H groups in total. The van der Waals surface area contributed by atoms with Crippen molar-refractivity contribution < 1.29 is 0 Å². The second-order valence-electron chi connectivity index (χ2n) is 6.74. The molecular formula is C22H22N4S. The van der Waals surface area contributed by atoms with E-state index in [1.807, 2.05) is 24.4 Å². The van der Waals surface area contributed by atoms with Gasteiger partial charge in [-0.15, -0.1) is 0 Å². The number of rotatable bonds is 4. The van der Waals surface area contributed by atoms with Gasteiger partial charge in [-0.25, -0.2) is 4.98 Å². The van der Waals surface area contributed by atoms with Gasteiger partial charge in [-0.05, 0) is 63.1 Å². The number of para-hydroxylation sites is 1. The molecule has 2 aromatic heterocycles. The van der Waals surface area contributed by atoms with Gasteiger partial charge in [0.1, 0.15) is 0 Å². The van der Waals surface area contributed by atoms with Crippen LogP contribution in [0.25, 0.3) is 15.9 Å². The van der Waals surface area contributed by atoms with Crippen molar-refractivity contribution in [2.45, 2.75) is 27.7 Å². The zero-order chi connectivity index (χ0) is 19.0. The Balaban J connectivity index is 1.61. The first-order valence-electron chi connectivity index (χ1n) is 8.95. The summed E-state index contributed by atoms with van der Waals surface area (Å²) in [7, 11) is 0. The Kier molecular flexibility index (Phi) is 4.54. The van der Waals surface area contributed by atoms with Crippen molar-refractivity contribution in [1.82, 2.24) is 9.55 Å². The molecule has 0 fully saturated rings. The van der Waals surface area contributed by atoms with Crippen molar-refractivity contribution in [2.75, 3.05) is 5.43 Å². The first-order chi connectivity index (χ1) is 13.0. The van der Waals surface area contributed by atoms with Crippen LogP contribution >= 0.6 is 11.3 Å². The Morgan fingerprint density at radius 1 is 1.04 bits per heavy atom. The second-order valence-corrected chi connectivity index (χ2v) is 7.77. The van der Waals surface area contributed by atoms with Gasteiger partial charge < -0.3 is 4.57 Å². The molecule has 0 amide bonds. The van der Waals surface area contributed by atoms with E-state index >= 15 is 0 Å². The lowest BCUT2D eigenvalue weighted by atomic mass is 10.1. The van der Waals surface area contributed by atoms with E-state index in [-0.39, 0.29) is 0 Å². The van der Waals surface area contributed by atoms with Crippen LogP contribution in [0.5, 0.6) is 0 Å². The van der Waals surface area contributed by atoms with Crippen LogP contribution in [-0.2, 0) is 0 Å². The maximum atomic E-state index is 4.55. The fourth-order valence-corrected chi connectivity index (χ4v) is 4.16. The number of anilines is 1. The minimum Gasteiger partial charge on any atom is -0.318 e. The molecule has 2 heterocycles. The topological polar surface area (TPSA) is 42.2 Å². The highest BCUT2D eigenvalue weighted by Gasteiger charge is 2.12. The SMILES string of the molecule is Cc1cccc(-n2c(C)cc(/C=N/Nc3nc4ccccc4s3)c2C)c1C. The molecule has 0 aliphatic carbocycles. The smallest absolute Gasteiger partial charge is 0.204 e. The third-order valence-electron chi connectivity index (χ3n) is 4.94. The van der Waals surface area contributed by atoms with Crippen molar-refractivity contribution in [3.05, 3.63) is 76.6 Å². The molecule has 4 nitrogen and oxygen atoms in total. The summed E-state index contributed by atoms with van der Waals surface area (Å²) in [6, 6.07) is 16.7. The van der Waals surface area contributed by atoms with Crippen molar-refractivity contribution in [1.29, 1.82) is 0 Å². The number of aryl methyl sites for hydroxylation is 2. The summed E-state index contributed by atoms with van der Waals surface area (Å²) in [5.41, 5.74) is 11.4. The highest BCUT2D eigenvalue weighted by atomic mass is 32.1.